The lowest BCUT2D eigenvalue weighted by Crippen LogP contribution is -2.15. The van der Waals surface area contributed by atoms with Gasteiger partial charge in [-0.2, -0.15) is 0 Å². The van der Waals surface area contributed by atoms with Gasteiger partial charge in [-0.25, -0.2) is 0 Å². The molecule has 0 aliphatic carbocycles. The summed E-state index contributed by atoms with van der Waals surface area (Å²) in [7, 11) is 0. The minimum absolute atomic E-state index is 0.0108. The number of rotatable bonds is 3. The van der Waals surface area contributed by atoms with Crippen LogP contribution in [0.15, 0.2) is 24.3 Å². The lowest BCUT2D eigenvalue weighted by molar-refractivity contribution is 0.130. The fourth-order valence-electron chi connectivity index (χ4n) is 0.899. The Morgan fingerprint density at radius 3 is 2.54 bits per heavy atom. The molecule has 0 aliphatic heterocycles. The lowest BCUT2D eigenvalue weighted by atomic mass is 10.2. The maximum absolute atomic E-state index is 8.74. The van der Waals surface area contributed by atoms with Crippen molar-refractivity contribution in [3.05, 3.63) is 29.8 Å². The molecule has 0 amide bonds. The topological polar surface area (TPSA) is 29.5 Å². The molecule has 0 bridgehead atoms. The molecule has 0 heterocycles. The first-order valence-electron chi connectivity index (χ1n) is 4.10. The fraction of sp³-hybridized carbons (Fsp3) is 0.273. The molecule has 1 N–H and O–H groups in total. The maximum Gasteiger partial charge on any atom is 0.119 e. The zero-order valence-electron chi connectivity index (χ0n) is 7.53. The molecule has 2 heteroatoms. The molecule has 1 atom stereocenters. The summed E-state index contributed by atoms with van der Waals surface area (Å²) in [5.41, 5.74) is 0.823. The quantitative estimate of drug-likeness (QED) is 0.706. The number of terminal acetylenes is 1. The van der Waals surface area contributed by atoms with E-state index in [1.165, 1.54) is 0 Å². The van der Waals surface area contributed by atoms with Gasteiger partial charge in [0.05, 0.1) is 6.61 Å². The number of benzene rings is 1. The van der Waals surface area contributed by atoms with Crippen LogP contribution >= 0.6 is 0 Å². The molecule has 0 fully saturated rings. The minimum Gasteiger partial charge on any atom is -0.488 e. The first kappa shape index (κ1) is 9.63. The summed E-state index contributed by atoms with van der Waals surface area (Å²) in [6.07, 6.45) is 5.01. The number of aliphatic hydroxyl groups is 1. The van der Waals surface area contributed by atoms with Gasteiger partial charge in [0.15, 0.2) is 0 Å². The van der Waals surface area contributed by atoms with Gasteiger partial charge in [0, 0.05) is 5.56 Å². The SMILES string of the molecule is C#Cc1ccc(O[C@H](C)CO)cc1. The molecule has 2 nitrogen and oxygen atoms in total. The molecular weight excluding hydrogens is 164 g/mol. The van der Waals surface area contributed by atoms with Gasteiger partial charge in [0.1, 0.15) is 11.9 Å². The normalized spacial score (nSPS) is 11.8. The van der Waals surface area contributed by atoms with Gasteiger partial charge in [0.2, 0.25) is 0 Å². The van der Waals surface area contributed by atoms with Gasteiger partial charge >= 0.3 is 0 Å². The summed E-state index contributed by atoms with van der Waals surface area (Å²) in [4.78, 5) is 0. The van der Waals surface area contributed by atoms with E-state index >= 15 is 0 Å². The van der Waals surface area contributed by atoms with Gasteiger partial charge in [-0.1, -0.05) is 5.92 Å². The van der Waals surface area contributed by atoms with Crippen LogP contribution in [0.3, 0.4) is 0 Å². The second-order valence-corrected chi connectivity index (χ2v) is 2.78. The number of aliphatic hydroxyl groups excluding tert-OH is 1. The molecule has 0 radical (unpaired) electrons. The predicted octanol–water partition coefficient (Wildman–Crippen LogP) is 1.43. The van der Waals surface area contributed by atoms with Crippen molar-refractivity contribution < 1.29 is 9.84 Å². The molecule has 13 heavy (non-hydrogen) atoms. The molecule has 0 aliphatic rings. The van der Waals surface area contributed by atoms with Crippen molar-refractivity contribution in [1.29, 1.82) is 0 Å². The van der Waals surface area contributed by atoms with Crippen molar-refractivity contribution in [2.45, 2.75) is 13.0 Å². The van der Waals surface area contributed by atoms with Gasteiger partial charge in [-0.15, -0.1) is 6.42 Å². The third kappa shape index (κ3) is 2.81. The summed E-state index contributed by atoms with van der Waals surface area (Å²) in [6, 6.07) is 7.20. The van der Waals surface area contributed by atoms with Crippen LogP contribution in [0.25, 0.3) is 0 Å². The molecule has 1 aromatic carbocycles. The van der Waals surface area contributed by atoms with Crippen molar-refractivity contribution in [2.24, 2.45) is 0 Å². The van der Waals surface area contributed by atoms with Crippen LogP contribution in [-0.4, -0.2) is 17.8 Å². The van der Waals surface area contributed by atoms with E-state index < -0.39 is 0 Å². The summed E-state index contributed by atoms with van der Waals surface area (Å²) in [5, 5.41) is 8.74. The van der Waals surface area contributed by atoms with Crippen molar-refractivity contribution in [2.75, 3.05) is 6.61 Å². The Morgan fingerprint density at radius 1 is 1.46 bits per heavy atom. The molecular formula is C11H12O2. The minimum atomic E-state index is -0.184. The first-order chi connectivity index (χ1) is 6.26. The standard InChI is InChI=1S/C11H12O2/c1-3-10-4-6-11(7-5-10)13-9(2)8-12/h1,4-7,9,12H,8H2,2H3/t9-/m1/s1. The Bertz CT molecular complexity index is 295. The monoisotopic (exact) mass is 176 g/mol. The van der Waals surface area contributed by atoms with Crippen LogP contribution in [0.5, 0.6) is 5.75 Å². The highest BCUT2D eigenvalue weighted by Gasteiger charge is 2.00. The van der Waals surface area contributed by atoms with Gasteiger partial charge in [-0.3, -0.25) is 0 Å². The predicted molar refractivity (Wildman–Crippen MR) is 51.6 cm³/mol. The van der Waals surface area contributed by atoms with Crippen LogP contribution in [0.2, 0.25) is 0 Å². The Kier molecular flexibility index (Phi) is 3.36. The van der Waals surface area contributed by atoms with E-state index in [0.717, 1.165) is 11.3 Å². The molecule has 0 spiro atoms. The molecule has 1 rings (SSSR count). The second kappa shape index (κ2) is 4.54. The highest BCUT2D eigenvalue weighted by Crippen LogP contribution is 2.12. The molecule has 0 saturated heterocycles. The van der Waals surface area contributed by atoms with Crippen molar-refractivity contribution in [1.82, 2.24) is 0 Å². The third-order valence-electron chi connectivity index (χ3n) is 1.62. The molecule has 0 unspecified atom stereocenters. The Balaban J connectivity index is 2.65. The van der Waals surface area contributed by atoms with Gasteiger partial charge < -0.3 is 9.84 Å². The first-order valence-corrected chi connectivity index (χ1v) is 4.10. The average Bonchev–Trinajstić information content (AvgIpc) is 2.19. The van der Waals surface area contributed by atoms with E-state index in [4.69, 9.17) is 16.3 Å². The Hall–Kier alpha value is -1.46. The molecule has 0 aromatic heterocycles. The van der Waals surface area contributed by atoms with Crippen molar-refractivity contribution >= 4 is 0 Å². The van der Waals surface area contributed by atoms with Gasteiger partial charge in [0.25, 0.3) is 0 Å². The smallest absolute Gasteiger partial charge is 0.119 e. The van der Waals surface area contributed by atoms with Crippen LogP contribution in [0.4, 0.5) is 0 Å². The third-order valence-corrected chi connectivity index (χ3v) is 1.62. The van der Waals surface area contributed by atoms with E-state index in [2.05, 4.69) is 5.92 Å². The van der Waals surface area contributed by atoms with Crippen LogP contribution in [0.1, 0.15) is 12.5 Å². The van der Waals surface area contributed by atoms with Crippen LogP contribution in [-0.2, 0) is 0 Å². The highest BCUT2D eigenvalue weighted by atomic mass is 16.5. The van der Waals surface area contributed by atoms with E-state index in [0.29, 0.717) is 0 Å². The van der Waals surface area contributed by atoms with E-state index in [9.17, 15) is 0 Å². The van der Waals surface area contributed by atoms with Crippen LogP contribution in [0, 0.1) is 12.3 Å². The summed E-state index contributed by atoms with van der Waals surface area (Å²) in [5.74, 6) is 3.24. The Morgan fingerprint density at radius 2 is 2.08 bits per heavy atom. The summed E-state index contributed by atoms with van der Waals surface area (Å²) in [6.45, 7) is 1.81. The maximum atomic E-state index is 8.74. The number of hydrogen-bond donors (Lipinski definition) is 1. The van der Waals surface area contributed by atoms with E-state index in [-0.39, 0.29) is 12.7 Å². The van der Waals surface area contributed by atoms with Crippen LogP contribution < -0.4 is 4.74 Å². The number of ether oxygens (including phenoxy) is 1. The van der Waals surface area contributed by atoms with E-state index in [1.54, 1.807) is 31.2 Å². The summed E-state index contributed by atoms with van der Waals surface area (Å²) >= 11 is 0. The van der Waals surface area contributed by atoms with Crippen molar-refractivity contribution in [3.8, 4) is 18.1 Å². The number of hydrogen-bond acceptors (Lipinski definition) is 2. The lowest BCUT2D eigenvalue weighted by Gasteiger charge is -2.11. The van der Waals surface area contributed by atoms with Gasteiger partial charge in [-0.05, 0) is 31.2 Å². The molecule has 1 aromatic rings. The largest absolute Gasteiger partial charge is 0.488 e. The Labute approximate surface area is 78.2 Å². The fourth-order valence-corrected chi connectivity index (χ4v) is 0.899. The highest BCUT2D eigenvalue weighted by molar-refractivity contribution is 5.36. The van der Waals surface area contributed by atoms with Crippen molar-refractivity contribution in [3.63, 3.8) is 0 Å². The zero-order chi connectivity index (χ0) is 9.68. The molecule has 0 saturated carbocycles. The second-order valence-electron chi connectivity index (χ2n) is 2.78. The summed E-state index contributed by atoms with van der Waals surface area (Å²) < 4.78 is 5.34. The average molecular weight is 176 g/mol. The van der Waals surface area contributed by atoms with E-state index in [1.807, 2.05) is 0 Å². The zero-order valence-corrected chi connectivity index (χ0v) is 7.53. The molecule has 68 valence electrons.